The quantitative estimate of drug-likeness (QED) is 0.565. The van der Waals surface area contributed by atoms with Crippen molar-refractivity contribution in [1.82, 2.24) is 0 Å². The zero-order valence-corrected chi connectivity index (χ0v) is 14.2. The minimum atomic E-state index is 0.378. The Labute approximate surface area is 143 Å². The number of rotatable bonds is 3. The molecular weight excluding hydrogens is 330 g/mol. The van der Waals surface area contributed by atoms with E-state index in [1.165, 1.54) is 0 Å². The molecule has 1 aromatic heterocycles. The maximum Gasteiger partial charge on any atom is 0.161 e. The fourth-order valence-corrected chi connectivity index (χ4v) is 2.67. The van der Waals surface area contributed by atoms with Gasteiger partial charge in [0.05, 0.1) is 14.2 Å². The summed E-state index contributed by atoms with van der Waals surface area (Å²) in [6.45, 7) is 1.89. The number of hydrogen-bond acceptors (Lipinski definition) is 5. The molecule has 0 spiro atoms. The van der Waals surface area contributed by atoms with Crippen molar-refractivity contribution in [2.75, 3.05) is 14.2 Å². The summed E-state index contributed by atoms with van der Waals surface area (Å²) in [7, 11) is 3.15. The highest BCUT2D eigenvalue weighted by Crippen LogP contribution is 2.33. The Balaban J connectivity index is 2.26. The molecule has 0 aliphatic rings. The Morgan fingerprint density at radius 3 is 2.46 bits per heavy atom. The Morgan fingerprint density at radius 1 is 1.04 bits per heavy atom. The molecule has 0 unspecified atom stereocenters. The lowest BCUT2D eigenvalue weighted by Gasteiger charge is -2.10. The van der Waals surface area contributed by atoms with Crippen molar-refractivity contribution in [1.29, 1.82) is 0 Å². The molecule has 0 radical (unpaired) electrons. The van der Waals surface area contributed by atoms with Gasteiger partial charge in [-0.1, -0.05) is 16.8 Å². The van der Waals surface area contributed by atoms with Crippen molar-refractivity contribution in [3.63, 3.8) is 0 Å². The molecule has 2 aromatic carbocycles. The smallest absolute Gasteiger partial charge is 0.161 e. The first kappa shape index (κ1) is 16.2. The number of nitrogens with zero attached hydrogens (tertiary/aromatic N) is 1. The molecule has 0 atom stereocenters. The lowest BCUT2D eigenvalue weighted by Crippen LogP contribution is -2.04. The Kier molecular flexibility index (Phi) is 4.36. The third kappa shape index (κ3) is 2.78. The van der Waals surface area contributed by atoms with E-state index in [0.29, 0.717) is 38.6 Å². The lowest BCUT2D eigenvalue weighted by molar-refractivity contribution is 0.302. The molecule has 0 saturated carbocycles. The van der Waals surface area contributed by atoms with Gasteiger partial charge in [-0.25, -0.2) is 0 Å². The standard InChI is InChI=1S/C18H16ClNO4/c1-10-6-17-12(8-13(10)19)14(20-21)9-16(24-17)11-4-5-15(22-2)18(7-11)23-3/h4-9,21H,1-3H3/b20-14-. The fraction of sp³-hybridized carbons (Fsp3) is 0.167. The first-order valence-corrected chi connectivity index (χ1v) is 7.59. The Bertz CT molecular complexity index is 979. The minimum Gasteiger partial charge on any atom is -0.493 e. The van der Waals surface area contributed by atoms with Gasteiger partial charge in [0, 0.05) is 22.0 Å². The molecule has 3 rings (SSSR count). The first-order valence-electron chi connectivity index (χ1n) is 7.22. The number of methoxy groups -OCH3 is 2. The molecule has 5 nitrogen and oxygen atoms in total. The molecular formula is C18H16ClNO4. The average Bonchev–Trinajstić information content (AvgIpc) is 2.61. The van der Waals surface area contributed by atoms with Gasteiger partial charge in [0.25, 0.3) is 0 Å². The van der Waals surface area contributed by atoms with Gasteiger partial charge in [0.2, 0.25) is 0 Å². The molecule has 124 valence electrons. The van der Waals surface area contributed by atoms with Gasteiger partial charge in [0.15, 0.2) is 11.5 Å². The first-order chi connectivity index (χ1) is 11.6. The van der Waals surface area contributed by atoms with Crippen molar-refractivity contribution < 1.29 is 19.1 Å². The Morgan fingerprint density at radius 2 is 1.79 bits per heavy atom. The monoisotopic (exact) mass is 345 g/mol. The molecule has 6 heteroatoms. The topological polar surface area (TPSA) is 64.2 Å². The molecule has 3 aromatic rings. The van der Waals surface area contributed by atoms with Crippen LogP contribution in [0.15, 0.2) is 46.0 Å². The number of halogens is 1. The summed E-state index contributed by atoms with van der Waals surface area (Å²) in [5.74, 6) is 1.75. The van der Waals surface area contributed by atoms with Crippen LogP contribution in [0.3, 0.4) is 0 Å². The van der Waals surface area contributed by atoms with E-state index in [9.17, 15) is 5.21 Å². The van der Waals surface area contributed by atoms with Crippen LogP contribution < -0.4 is 14.8 Å². The van der Waals surface area contributed by atoms with E-state index in [-0.39, 0.29) is 0 Å². The Hall–Kier alpha value is -2.66. The van der Waals surface area contributed by atoms with Gasteiger partial charge in [-0.3, -0.25) is 0 Å². The minimum absolute atomic E-state index is 0.378. The molecule has 0 amide bonds. The van der Waals surface area contributed by atoms with Gasteiger partial charge >= 0.3 is 0 Å². The summed E-state index contributed by atoms with van der Waals surface area (Å²) in [6.07, 6.45) is 0. The molecule has 1 heterocycles. The van der Waals surface area contributed by atoms with Gasteiger partial charge in [-0.05, 0) is 42.8 Å². The van der Waals surface area contributed by atoms with E-state index >= 15 is 0 Å². The highest BCUT2D eigenvalue weighted by atomic mass is 35.5. The van der Waals surface area contributed by atoms with Crippen LogP contribution in [0.1, 0.15) is 5.56 Å². The highest BCUT2D eigenvalue weighted by molar-refractivity contribution is 6.32. The highest BCUT2D eigenvalue weighted by Gasteiger charge is 2.11. The van der Waals surface area contributed by atoms with E-state index < -0.39 is 0 Å². The zero-order chi connectivity index (χ0) is 17.3. The SMILES string of the molecule is COc1ccc(-c2c/c(=N/O)c3cc(Cl)c(C)cc3o2)cc1OC. The van der Waals surface area contributed by atoms with E-state index in [2.05, 4.69) is 5.16 Å². The molecule has 24 heavy (non-hydrogen) atoms. The lowest BCUT2D eigenvalue weighted by atomic mass is 10.1. The number of benzene rings is 2. The predicted octanol–water partition coefficient (Wildman–Crippen LogP) is 4.37. The van der Waals surface area contributed by atoms with Crippen molar-refractivity contribution in [2.45, 2.75) is 6.92 Å². The van der Waals surface area contributed by atoms with Gasteiger partial charge in [-0.2, -0.15) is 0 Å². The van der Waals surface area contributed by atoms with Crippen molar-refractivity contribution >= 4 is 22.6 Å². The van der Waals surface area contributed by atoms with E-state index in [4.69, 9.17) is 25.5 Å². The molecule has 0 saturated heterocycles. The van der Waals surface area contributed by atoms with Crippen LogP contribution in [0, 0.1) is 6.92 Å². The third-order valence-electron chi connectivity index (χ3n) is 3.80. The molecule has 1 N–H and O–H groups in total. The number of aryl methyl sites for hydroxylation is 1. The van der Waals surface area contributed by atoms with Crippen LogP contribution in [0.2, 0.25) is 5.02 Å². The van der Waals surface area contributed by atoms with Gasteiger partial charge < -0.3 is 19.1 Å². The molecule has 0 bridgehead atoms. The second-order valence-electron chi connectivity index (χ2n) is 5.26. The maximum atomic E-state index is 9.35. The molecule has 0 fully saturated rings. The normalized spacial score (nSPS) is 11.8. The van der Waals surface area contributed by atoms with Gasteiger partial charge in [-0.15, -0.1) is 0 Å². The number of fused-ring (bicyclic) bond motifs is 1. The number of ether oxygens (including phenoxy) is 2. The van der Waals surface area contributed by atoms with Gasteiger partial charge in [0.1, 0.15) is 16.7 Å². The van der Waals surface area contributed by atoms with Crippen LogP contribution >= 0.6 is 11.6 Å². The molecule has 0 aliphatic heterocycles. The van der Waals surface area contributed by atoms with Crippen LogP contribution in [-0.4, -0.2) is 19.4 Å². The summed E-state index contributed by atoms with van der Waals surface area (Å²) in [4.78, 5) is 0. The van der Waals surface area contributed by atoms with Crippen LogP contribution in [0.25, 0.3) is 22.3 Å². The van der Waals surface area contributed by atoms with Crippen molar-refractivity contribution in [3.8, 4) is 22.8 Å². The fourth-order valence-electron chi connectivity index (χ4n) is 2.50. The summed E-state index contributed by atoms with van der Waals surface area (Å²) >= 11 is 6.15. The second-order valence-corrected chi connectivity index (χ2v) is 5.67. The average molecular weight is 346 g/mol. The predicted molar refractivity (Wildman–Crippen MR) is 91.9 cm³/mol. The summed E-state index contributed by atoms with van der Waals surface area (Å²) < 4.78 is 16.5. The molecule has 0 aliphatic carbocycles. The van der Waals surface area contributed by atoms with Crippen LogP contribution in [-0.2, 0) is 0 Å². The third-order valence-corrected chi connectivity index (χ3v) is 4.21. The largest absolute Gasteiger partial charge is 0.493 e. The second kappa shape index (κ2) is 6.45. The van der Waals surface area contributed by atoms with E-state index in [0.717, 1.165) is 11.1 Å². The summed E-state index contributed by atoms with van der Waals surface area (Å²) in [6, 6.07) is 10.6. The van der Waals surface area contributed by atoms with E-state index in [1.54, 1.807) is 38.5 Å². The van der Waals surface area contributed by atoms with Crippen molar-refractivity contribution in [3.05, 3.63) is 52.3 Å². The van der Waals surface area contributed by atoms with Crippen LogP contribution in [0.5, 0.6) is 11.5 Å². The van der Waals surface area contributed by atoms with Crippen LogP contribution in [0.4, 0.5) is 0 Å². The maximum absolute atomic E-state index is 9.35. The van der Waals surface area contributed by atoms with E-state index in [1.807, 2.05) is 19.1 Å². The summed E-state index contributed by atoms with van der Waals surface area (Å²) in [5, 5.41) is 14.3. The summed E-state index contributed by atoms with van der Waals surface area (Å²) in [5.41, 5.74) is 2.23. The zero-order valence-electron chi connectivity index (χ0n) is 13.5. The number of hydrogen-bond donors (Lipinski definition) is 1. The van der Waals surface area contributed by atoms with Crippen molar-refractivity contribution in [2.24, 2.45) is 5.16 Å².